The van der Waals surface area contributed by atoms with E-state index in [0.717, 1.165) is 24.8 Å². The zero-order valence-electron chi connectivity index (χ0n) is 12.3. The Kier molecular flexibility index (Phi) is 3.51. The molecule has 1 heterocycles. The summed E-state index contributed by atoms with van der Waals surface area (Å²) >= 11 is 0. The predicted molar refractivity (Wildman–Crippen MR) is 75.1 cm³/mol. The van der Waals surface area contributed by atoms with E-state index >= 15 is 0 Å². The summed E-state index contributed by atoms with van der Waals surface area (Å²) in [4.78, 5) is 25.6. The molecular formula is C16H25NO3. The first kappa shape index (κ1) is 13.9. The molecule has 1 N–H and O–H groups in total. The molecule has 0 aromatic rings. The molecule has 112 valence electrons. The van der Waals surface area contributed by atoms with Gasteiger partial charge in [0.2, 0.25) is 5.91 Å². The van der Waals surface area contributed by atoms with Crippen LogP contribution in [0.3, 0.4) is 0 Å². The molecule has 4 atom stereocenters. The lowest BCUT2D eigenvalue weighted by Crippen LogP contribution is -2.48. The fraction of sp³-hybridized carbons (Fsp3) is 0.875. The first-order valence-corrected chi connectivity index (χ1v) is 7.99. The first-order valence-electron chi connectivity index (χ1n) is 7.99. The third-order valence-electron chi connectivity index (χ3n) is 5.89. The Balaban J connectivity index is 1.58. The van der Waals surface area contributed by atoms with Crippen molar-refractivity contribution in [2.24, 2.45) is 23.2 Å². The molecule has 3 fully saturated rings. The van der Waals surface area contributed by atoms with Crippen LogP contribution in [0.25, 0.3) is 0 Å². The monoisotopic (exact) mass is 279 g/mol. The van der Waals surface area contributed by atoms with Crippen molar-refractivity contribution in [2.45, 2.75) is 51.9 Å². The number of fused-ring (bicyclic) bond motifs is 2. The van der Waals surface area contributed by atoms with Crippen LogP contribution in [0.15, 0.2) is 0 Å². The van der Waals surface area contributed by atoms with E-state index in [-0.39, 0.29) is 5.91 Å². The molecule has 1 saturated heterocycles. The third kappa shape index (κ3) is 2.45. The topological polar surface area (TPSA) is 57.6 Å². The van der Waals surface area contributed by atoms with Gasteiger partial charge in [0.25, 0.3) is 0 Å². The highest BCUT2D eigenvalue weighted by Crippen LogP contribution is 2.49. The maximum Gasteiger partial charge on any atom is 0.311 e. The zero-order chi connectivity index (χ0) is 14.3. The van der Waals surface area contributed by atoms with Crippen molar-refractivity contribution in [1.82, 2.24) is 4.90 Å². The quantitative estimate of drug-likeness (QED) is 0.863. The van der Waals surface area contributed by atoms with Crippen molar-refractivity contribution >= 4 is 11.9 Å². The minimum Gasteiger partial charge on any atom is -0.481 e. The van der Waals surface area contributed by atoms with Gasteiger partial charge < -0.3 is 10.0 Å². The van der Waals surface area contributed by atoms with Crippen LogP contribution < -0.4 is 0 Å². The third-order valence-corrected chi connectivity index (χ3v) is 5.89. The number of hydrogen-bond donors (Lipinski definition) is 1. The predicted octanol–water partition coefficient (Wildman–Crippen LogP) is 2.53. The number of amides is 1. The first-order chi connectivity index (χ1) is 9.48. The summed E-state index contributed by atoms with van der Waals surface area (Å²) in [6, 6.07) is 0. The van der Waals surface area contributed by atoms with Gasteiger partial charge >= 0.3 is 5.97 Å². The van der Waals surface area contributed by atoms with Gasteiger partial charge in [0, 0.05) is 19.5 Å². The van der Waals surface area contributed by atoms with Gasteiger partial charge in [0.15, 0.2) is 0 Å². The fourth-order valence-electron chi connectivity index (χ4n) is 4.61. The lowest BCUT2D eigenvalue weighted by Gasteiger charge is -2.38. The van der Waals surface area contributed by atoms with E-state index in [1.54, 1.807) is 6.92 Å². The summed E-state index contributed by atoms with van der Waals surface area (Å²) in [6.45, 7) is 2.90. The summed E-state index contributed by atoms with van der Waals surface area (Å²) in [5, 5.41) is 9.33. The number of carboxylic acids is 1. The Morgan fingerprint density at radius 2 is 2.10 bits per heavy atom. The second-order valence-corrected chi connectivity index (χ2v) is 7.42. The van der Waals surface area contributed by atoms with Crippen LogP contribution in [-0.2, 0) is 9.59 Å². The molecule has 0 spiro atoms. The number of likely N-dealkylation sites (tertiary alicyclic amines) is 1. The van der Waals surface area contributed by atoms with Crippen LogP contribution >= 0.6 is 0 Å². The Hall–Kier alpha value is -1.06. The number of carbonyl (C=O) groups excluding carboxylic acids is 1. The number of carbonyl (C=O) groups is 2. The van der Waals surface area contributed by atoms with Gasteiger partial charge in [-0.25, -0.2) is 0 Å². The molecule has 2 saturated carbocycles. The number of piperidine rings is 1. The highest BCUT2D eigenvalue weighted by atomic mass is 16.4. The summed E-state index contributed by atoms with van der Waals surface area (Å²) in [5.74, 6) is 1.62. The average molecular weight is 279 g/mol. The molecule has 0 radical (unpaired) electrons. The molecule has 1 aliphatic heterocycles. The van der Waals surface area contributed by atoms with Crippen molar-refractivity contribution in [1.29, 1.82) is 0 Å². The van der Waals surface area contributed by atoms with Gasteiger partial charge in [-0.05, 0) is 56.8 Å². The van der Waals surface area contributed by atoms with Crippen molar-refractivity contribution < 1.29 is 14.7 Å². The second-order valence-electron chi connectivity index (χ2n) is 7.42. The number of carboxylic acid groups (broad SMARTS) is 1. The molecule has 2 aliphatic carbocycles. The zero-order valence-corrected chi connectivity index (χ0v) is 12.3. The number of aliphatic carboxylic acids is 1. The Labute approximate surface area is 120 Å². The van der Waals surface area contributed by atoms with Gasteiger partial charge in [-0.15, -0.1) is 0 Å². The van der Waals surface area contributed by atoms with E-state index in [4.69, 9.17) is 0 Å². The molecule has 4 nitrogen and oxygen atoms in total. The Morgan fingerprint density at radius 1 is 1.30 bits per heavy atom. The summed E-state index contributed by atoms with van der Waals surface area (Å²) in [5.41, 5.74) is -0.747. The molecule has 20 heavy (non-hydrogen) atoms. The largest absolute Gasteiger partial charge is 0.481 e. The van der Waals surface area contributed by atoms with Crippen LogP contribution in [0.5, 0.6) is 0 Å². The highest BCUT2D eigenvalue weighted by Gasteiger charge is 2.43. The van der Waals surface area contributed by atoms with E-state index in [1.165, 1.54) is 25.7 Å². The van der Waals surface area contributed by atoms with Crippen molar-refractivity contribution in [3.8, 4) is 0 Å². The maximum absolute atomic E-state index is 12.5. The standard InChI is InChI=1S/C16H25NO3/c1-16(15(19)20)5-2-6-17(10-16)14(18)9-13-8-11-3-4-12(13)7-11/h11-13H,2-10H2,1H3,(H,19,20). The van der Waals surface area contributed by atoms with E-state index < -0.39 is 11.4 Å². The Morgan fingerprint density at radius 3 is 2.70 bits per heavy atom. The number of rotatable bonds is 3. The fourth-order valence-corrected chi connectivity index (χ4v) is 4.61. The average Bonchev–Trinajstić information content (AvgIpc) is 3.01. The van der Waals surface area contributed by atoms with E-state index in [9.17, 15) is 14.7 Å². The second kappa shape index (κ2) is 5.05. The van der Waals surface area contributed by atoms with E-state index in [1.807, 2.05) is 4.90 Å². The SMILES string of the molecule is CC1(C(=O)O)CCCN(C(=O)CC2CC3CCC2C3)C1. The summed E-state index contributed by atoms with van der Waals surface area (Å²) < 4.78 is 0. The van der Waals surface area contributed by atoms with Gasteiger partial charge in [-0.3, -0.25) is 9.59 Å². The van der Waals surface area contributed by atoms with Crippen LogP contribution in [0, 0.1) is 23.2 Å². The molecule has 4 heteroatoms. The number of nitrogens with zero attached hydrogens (tertiary/aromatic N) is 1. The van der Waals surface area contributed by atoms with E-state index in [2.05, 4.69) is 0 Å². The molecule has 4 unspecified atom stereocenters. The molecular weight excluding hydrogens is 254 g/mol. The van der Waals surface area contributed by atoms with Crippen LogP contribution in [0.2, 0.25) is 0 Å². The lowest BCUT2D eigenvalue weighted by molar-refractivity contribution is -0.153. The van der Waals surface area contributed by atoms with Gasteiger partial charge in [-0.2, -0.15) is 0 Å². The summed E-state index contributed by atoms with van der Waals surface area (Å²) in [7, 11) is 0. The molecule has 0 aromatic heterocycles. The van der Waals surface area contributed by atoms with Crippen LogP contribution in [0.4, 0.5) is 0 Å². The molecule has 1 amide bonds. The van der Waals surface area contributed by atoms with Crippen molar-refractivity contribution in [3.63, 3.8) is 0 Å². The van der Waals surface area contributed by atoms with Crippen LogP contribution in [0.1, 0.15) is 51.9 Å². The molecule has 2 bridgehead atoms. The van der Waals surface area contributed by atoms with Gasteiger partial charge in [0.05, 0.1) is 5.41 Å². The normalized spacial score (nSPS) is 40.0. The minimum atomic E-state index is -0.769. The van der Waals surface area contributed by atoms with E-state index in [0.29, 0.717) is 25.3 Å². The highest BCUT2D eigenvalue weighted by molar-refractivity contribution is 5.79. The van der Waals surface area contributed by atoms with Crippen LogP contribution in [-0.4, -0.2) is 35.0 Å². The molecule has 0 aromatic carbocycles. The number of hydrogen-bond acceptors (Lipinski definition) is 2. The Bertz CT molecular complexity index is 422. The smallest absolute Gasteiger partial charge is 0.311 e. The summed E-state index contributed by atoms with van der Waals surface area (Å²) in [6.07, 6.45) is 7.35. The molecule has 3 aliphatic rings. The maximum atomic E-state index is 12.5. The van der Waals surface area contributed by atoms with Crippen molar-refractivity contribution in [3.05, 3.63) is 0 Å². The minimum absolute atomic E-state index is 0.190. The van der Waals surface area contributed by atoms with Gasteiger partial charge in [-0.1, -0.05) is 6.42 Å². The lowest BCUT2D eigenvalue weighted by atomic mass is 9.81. The van der Waals surface area contributed by atoms with Crippen molar-refractivity contribution in [2.75, 3.05) is 13.1 Å². The molecule has 3 rings (SSSR count). The van der Waals surface area contributed by atoms with Gasteiger partial charge in [0.1, 0.15) is 0 Å².